The van der Waals surface area contributed by atoms with E-state index in [1.165, 1.54) is 0 Å². The number of methoxy groups -OCH3 is 1. The highest BCUT2D eigenvalue weighted by molar-refractivity contribution is 5.52. The summed E-state index contributed by atoms with van der Waals surface area (Å²) in [7, 11) is 1.67. The van der Waals surface area contributed by atoms with E-state index in [-0.39, 0.29) is 18.1 Å². The summed E-state index contributed by atoms with van der Waals surface area (Å²) in [6.45, 7) is 2.17. The van der Waals surface area contributed by atoms with Crippen molar-refractivity contribution in [3.8, 4) is 17.2 Å². The molecule has 2 aliphatic rings. The highest BCUT2D eigenvalue weighted by atomic mass is 16.5. The molecule has 4 rings (SSSR count). The molecule has 0 N–H and O–H groups in total. The Balaban J connectivity index is 1.89. The van der Waals surface area contributed by atoms with E-state index >= 15 is 0 Å². The molecule has 0 radical (unpaired) electrons. The van der Waals surface area contributed by atoms with Gasteiger partial charge in [-0.05, 0) is 12.1 Å². The maximum absolute atomic E-state index is 6.26. The van der Waals surface area contributed by atoms with Crippen LogP contribution in [0.15, 0.2) is 42.5 Å². The van der Waals surface area contributed by atoms with Crippen molar-refractivity contribution in [3.05, 3.63) is 53.6 Å². The van der Waals surface area contributed by atoms with E-state index in [1.807, 2.05) is 30.3 Å². The normalized spacial score (nSPS) is 25.8. The van der Waals surface area contributed by atoms with Gasteiger partial charge in [-0.3, -0.25) is 0 Å². The fraction of sp³-hybridized carbons (Fsp3) is 0.294. The van der Waals surface area contributed by atoms with Gasteiger partial charge in [-0.15, -0.1) is 0 Å². The molecule has 2 heterocycles. The van der Waals surface area contributed by atoms with E-state index in [0.29, 0.717) is 0 Å². The van der Waals surface area contributed by atoms with Crippen molar-refractivity contribution in [1.29, 1.82) is 0 Å². The van der Waals surface area contributed by atoms with Crippen LogP contribution in [-0.2, 0) is 0 Å². The van der Waals surface area contributed by atoms with Crippen LogP contribution in [0.4, 0.5) is 0 Å². The molecule has 2 aromatic rings. The second kappa shape index (κ2) is 4.17. The van der Waals surface area contributed by atoms with Crippen molar-refractivity contribution in [2.45, 2.75) is 19.1 Å². The Morgan fingerprint density at radius 2 is 1.65 bits per heavy atom. The molecule has 2 aliphatic heterocycles. The summed E-state index contributed by atoms with van der Waals surface area (Å²) >= 11 is 0. The molecule has 0 aromatic heterocycles. The number of fused-ring (bicyclic) bond motifs is 6. The minimum absolute atomic E-state index is 0.0220. The number of rotatable bonds is 1. The molecular weight excluding hydrogens is 252 g/mol. The zero-order valence-electron chi connectivity index (χ0n) is 11.5. The third-order valence-corrected chi connectivity index (χ3v) is 4.22. The van der Waals surface area contributed by atoms with Crippen molar-refractivity contribution >= 4 is 0 Å². The monoisotopic (exact) mass is 268 g/mol. The third kappa shape index (κ3) is 1.46. The van der Waals surface area contributed by atoms with Crippen molar-refractivity contribution in [2.75, 3.05) is 7.11 Å². The van der Waals surface area contributed by atoms with Gasteiger partial charge in [0.25, 0.3) is 0 Å². The second-order valence-electron chi connectivity index (χ2n) is 5.35. The summed E-state index contributed by atoms with van der Waals surface area (Å²) in [6, 6.07) is 14.1. The first-order valence-electron chi connectivity index (χ1n) is 6.88. The van der Waals surface area contributed by atoms with Gasteiger partial charge in [-0.2, -0.15) is 0 Å². The Bertz CT molecular complexity index is 665. The Morgan fingerprint density at radius 3 is 2.50 bits per heavy atom. The highest BCUT2D eigenvalue weighted by Crippen LogP contribution is 2.54. The molecule has 2 aromatic carbocycles. The van der Waals surface area contributed by atoms with E-state index in [9.17, 15) is 0 Å². The molecule has 0 aliphatic carbocycles. The van der Waals surface area contributed by atoms with Crippen molar-refractivity contribution in [1.82, 2.24) is 0 Å². The average Bonchev–Trinajstić information content (AvgIpc) is 2.48. The van der Waals surface area contributed by atoms with Gasteiger partial charge in [-0.1, -0.05) is 37.3 Å². The predicted octanol–water partition coefficient (Wildman–Crippen LogP) is 3.90. The van der Waals surface area contributed by atoms with Crippen LogP contribution in [0.3, 0.4) is 0 Å². The Morgan fingerprint density at radius 1 is 0.900 bits per heavy atom. The first-order chi connectivity index (χ1) is 9.79. The first kappa shape index (κ1) is 11.6. The summed E-state index contributed by atoms with van der Waals surface area (Å²) in [5.41, 5.74) is 2.19. The topological polar surface area (TPSA) is 27.7 Å². The molecule has 0 saturated carbocycles. The van der Waals surface area contributed by atoms with Gasteiger partial charge >= 0.3 is 0 Å². The smallest absolute Gasteiger partial charge is 0.169 e. The van der Waals surface area contributed by atoms with E-state index < -0.39 is 0 Å². The SMILES string of the molecule is COc1cccc2c1O[C@H]1c3ccccc3O[C@H]2[C@H]1C. The summed E-state index contributed by atoms with van der Waals surface area (Å²) < 4.78 is 17.9. The summed E-state index contributed by atoms with van der Waals surface area (Å²) in [5, 5.41) is 0. The molecule has 102 valence electrons. The Hall–Kier alpha value is -2.16. The molecular formula is C17H16O3. The summed E-state index contributed by atoms with van der Waals surface area (Å²) in [4.78, 5) is 0. The number of benzene rings is 2. The maximum Gasteiger partial charge on any atom is 0.169 e. The maximum atomic E-state index is 6.26. The van der Waals surface area contributed by atoms with Gasteiger partial charge < -0.3 is 14.2 Å². The van der Waals surface area contributed by atoms with Crippen LogP contribution in [0.1, 0.15) is 30.3 Å². The first-order valence-corrected chi connectivity index (χ1v) is 6.88. The zero-order chi connectivity index (χ0) is 13.7. The van der Waals surface area contributed by atoms with Crippen LogP contribution in [0, 0.1) is 5.92 Å². The molecule has 0 spiro atoms. The Kier molecular flexibility index (Phi) is 2.43. The molecule has 20 heavy (non-hydrogen) atoms. The van der Waals surface area contributed by atoms with Crippen LogP contribution in [-0.4, -0.2) is 7.11 Å². The highest BCUT2D eigenvalue weighted by Gasteiger charge is 2.43. The molecule has 0 unspecified atom stereocenters. The third-order valence-electron chi connectivity index (χ3n) is 4.22. The van der Waals surface area contributed by atoms with Crippen LogP contribution in [0.25, 0.3) is 0 Å². The molecule has 3 nitrogen and oxygen atoms in total. The van der Waals surface area contributed by atoms with Gasteiger partial charge in [0.05, 0.1) is 7.11 Å². The summed E-state index contributed by atoms with van der Waals surface area (Å²) in [6.07, 6.45) is 0.0440. The van der Waals surface area contributed by atoms with E-state index in [0.717, 1.165) is 28.4 Å². The van der Waals surface area contributed by atoms with Crippen molar-refractivity contribution in [2.24, 2.45) is 5.92 Å². The van der Waals surface area contributed by atoms with Crippen LogP contribution in [0.5, 0.6) is 17.2 Å². The van der Waals surface area contributed by atoms with Crippen molar-refractivity contribution in [3.63, 3.8) is 0 Å². The minimum atomic E-state index is 0.0220. The molecule has 2 bridgehead atoms. The Labute approximate surface area is 118 Å². The van der Waals surface area contributed by atoms with Crippen molar-refractivity contribution < 1.29 is 14.2 Å². The van der Waals surface area contributed by atoms with Crippen LogP contribution >= 0.6 is 0 Å². The van der Waals surface area contributed by atoms with E-state index in [1.54, 1.807) is 7.11 Å². The average molecular weight is 268 g/mol. The van der Waals surface area contributed by atoms with Gasteiger partial charge in [0.2, 0.25) is 0 Å². The van der Waals surface area contributed by atoms with E-state index in [4.69, 9.17) is 14.2 Å². The zero-order valence-corrected chi connectivity index (χ0v) is 11.5. The van der Waals surface area contributed by atoms with Crippen LogP contribution < -0.4 is 14.2 Å². The lowest BCUT2D eigenvalue weighted by Gasteiger charge is -2.43. The van der Waals surface area contributed by atoms with Crippen LogP contribution in [0.2, 0.25) is 0 Å². The lowest BCUT2D eigenvalue weighted by Crippen LogP contribution is -2.35. The summed E-state index contributed by atoms with van der Waals surface area (Å²) in [5.74, 6) is 2.79. The van der Waals surface area contributed by atoms with Gasteiger partial charge in [0.1, 0.15) is 18.0 Å². The number of hydrogen-bond acceptors (Lipinski definition) is 3. The number of hydrogen-bond donors (Lipinski definition) is 0. The van der Waals surface area contributed by atoms with Gasteiger partial charge in [-0.25, -0.2) is 0 Å². The van der Waals surface area contributed by atoms with Gasteiger partial charge in [0.15, 0.2) is 11.5 Å². The number of ether oxygens (including phenoxy) is 3. The lowest BCUT2D eigenvalue weighted by atomic mass is 9.83. The van der Waals surface area contributed by atoms with E-state index in [2.05, 4.69) is 19.1 Å². The quantitative estimate of drug-likeness (QED) is 0.785. The molecule has 0 fully saturated rings. The fourth-order valence-electron chi connectivity index (χ4n) is 3.20. The second-order valence-corrected chi connectivity index (χ2v) is 5.35. The van der Waals surface area contributed by atoms with Gasteiger partial charge in [0, 0.05) is 17.0 Å². The number of para-hydroxylation sites is 2. The fourth-order valence-corrected chi connectivity index (χ4v) is 3.20. The minimum Gasteiger partial charge on any atom is -0.493 e. The molecule has 0 amide bonds. The molecule has 3 heteroatoms. The molecule has 0 saturated heterocycles. The lowest BCUT2D eigenvalue weighted by molar-refractivity contribution is -0.00450. The predicted molar refractivity (Wildman–Crippen MR) is 75.3 cm³/mol. The largest absolute Gasteiger partial charge is 0.493 e. The molecule has 3 atom stereocenters. The standard InChI is InChI=1S/C17H16O3/c1-10-15-11-6-3-4-8-13(11)19-16(10)12-7-5-9-14(18-2)17(12)20-15/h3-10,15-16H,1-2H3/t10-,15+,16-/m0/s1.